The highest BCUT2D eigenvalue weighted by Crippen LogP contribution is 2.31. The van der Waals surface area contributed by atoms with Crippen molar-refractivity contribution in [1.82, 2.24) is 0 Å². The number of aliphatic imine (C=N–C) groups is 1. The molecule has 0 aromatic rings. The van der Waals surface area contributed by atoms with E-state index in [0.29, 0.717) is 6.61 Å². The van der Waals surface area contributed by atoms with Gasteiger partial charge in [-0.25, -0.2) is 0 Å². The Kier molecular flexibility index (Phi) is 3.97. The minimum atomic E-state index is -0.449. The molecule has 15 heavy (non-hydrogen) atoms. The molecule has 0 saturated carbocycles. The number of nitrogens with zero attached hydrogens (tertiary/aromatic N) is 1. The summed E-state index contributed by atoms with van der Waals surface area (Å²) in [5, 5.41) is -0.258. The normalized spacial score (nSPS) is 26.3. The van der Waals surface area contributed by atoms with E-state index >= 15 is 0 Å². The summed E-state index contributed by atoms with van der Waals surface area (Å²) < 4.78 is 5.04. The summed E-state index contributed by atoms with van der Waals surface area (Å²) in [7, 11) is 0. The van der Waals surface area contributed by atoms with Gasteiger partial charge >= 0.3 is 5.97 Å². The van der Waals surface area contributed by atoms with E-state index in [9.17, 15) is 4.79 Å². The van der Waals surface area contributed by atoms with Crippen molar-refractivity contribution >= 4 is 23.4 Å². The molecule has 0 N–H and O–H groups in total. The third-order valence-electron chi connectivity index (χ3n) is 2.35. The first-order chi connectivity index (χ1) is 7.03. The fraction of sp³-hybridized carbons (Fsp3) is 0.636. The van der Waals surface area contributed by atoms with Gasteiger partial charge in [0.1, 0.15) is 5.25 Å². The topological polar surface area (TPSA) is 38.7 Å². The monoisotopic (exact) mass is 227 g/mol. The largest absolute Gasteiger partial charge is 0.465 e. The summed E-state index contributed by atoms with van der Waals surface area (Å²) in [6.45, 7) is 6.12. The van der Waals surface area contributed by atoms with Crippen LogP contribution in [0.1, 0.15) is 20.8 Å². The van der Waals surface area contributed by atoms with E-state index in [0.717, 1.165) is 5.71 Å². The Bertz CT molecular complexity index is 312. The lowest BCUT2D eigenvalue weighted by atomic mass is 9.99. The third kappa shape index (κ3) is 2.62. The highest BCUT2D eigenvalue weighted by Gasteiger charge is 2.39. The molecule has 0 saturated heterocycles. The van der Waals surface area contributed by atoms with Crippen molar-refractivity contribution < 1.29 is 9.53 Å². The lowest BCUT2D eigenvalue weighted by Crippen LogP contribution is -2.39. The van der Waals surface area contributed by atoms with Gasteiger partial charge in [0.15, 0.2) is 0 Å². The van der Waals surface area contributed by atoms with Crippen LogP contribution in [0.3, 0.4) is 0 Å². The zero-order valence-corrected chi connectivity index (χ0v) is 10.4. The SMILES string of the molecule is CCOC(=O)C(SC)C1(C)C=CC(C)=N1. The Balaban J connectivity index is 2.84. The van der Waals surface area contributed by atoms with Crippen molar-refractivity contribution in [2.24, 2.45) is 4.99 Å². The van der Waals surface area contributed by atoms with Crippen molar-refractivity contribution in [1.29, 1.82) is 0 Å². The maximum absolute atomic E-state index is 11.7. The number of rotatable bonds is 4. The first-order valence-corrected chi connectivity index (χ1v) is 6.27. The molecular formula is C11H17NO2S. The van der Waals surface area contributed by atoms with E-state index in [-0.39, 0.29) is 11.2 Å². The van der Waals surface area contributed by atoms with Crippen LogP contribution in [0.5, 0.6) is 0 Å². The fourth-order valence-corrected chi connectivity index (χ4v) is 2.55. The lowest BCUT2D eigenvalue weighted by Gasteiger charge is -2.26. The Morgan fingerprint density at radius 1 is 1.73 bits per heavy atom. The van der Waals surface area contributed by atoms with Crippen LogP contribution in [0.15, 0.2) is 17.1 Å². The van der Waals surface area contributed by atoms with Gasteiger partial charge in [-0.15, -0.1) is 11.8 Å². The number of esters is 1. The second kappa shape index (κ2) is 4.84. The van der Waals surface area contributed by atoms with Gasteiger partial charge in [0, 0.05) is 5.71 Å². The zero-order valence-electron chi connectivity index (χ0n) is 9.61. The van der Waals surface area contributed by atoms with E-state index in [2.05, 4.69) is 4.99 Å². The van der Waals surface area contributed by atoms with Crippen LogP contribution >= 0.6 is 11.8 Å². The molecule has 2 atom stereocenters. The molecule has 0 fully saturated rings. The van der Waals surface area contributed by atoms with Gasteiger partial charge < -0.3 is 4.74 Å². The van der Waals surface area contributed by atoms with Crippen molar-refractivity contribution in [2.75, 3.05) is 12.9 Å². The number of hydrogen-bond donors (Lipinski definition) is 0. The molecule has 4 heteroatoms. The standard InChI is InChI=1S/C11H17NO2S/c1-5-14-10(13)9(15-4)11(3)7-6-8(2)12-11/h6-7,9H,5H2,1-4H3. The molecule has 0 aromatic carbocycles. The van der Waals surface area contributed by atoms with E-state index in [4.69, 9.17) is 4.74 Å². The molecule has 2 unspecified atom stereocenters. The molecule has 0 aromatic heterocycles. The minimum absolute atomic E-state index is 0.185. The summed E-state index contributed by atoms with van der Waals surface area (Å²) in [5.41, 5.74) is 0.510. The maximum atomic E-state index is 11.7. The third-order valence-corrected chi connectivity index (χ3v) is 3.49. The van der Waals surface area contributed by atoms with Gasteiger partial charge in [0.25, 0.3) is 0 Å². The molecule has 0 radical (unpaired) electrons. The summed E-state index contributed by atoms with van der Waals surface area (Å²) in [6.07, 6.45) is 5.83. The highest BCUT2D eigenvalue weighted by atomic mass is 32.2. The molecule has 0 aliphatic carbocycles. The number of hydrogen-bond acceptors (Lipinski definition) is 4. The second-order valence-electron chi connectivity index (χ2n) is 3.68. The van der Waals surface area contributed by atoms with Crippen LogP contribution < -0.4 is 0 Å². The molecular weight excluding hydrogens is 210 g/mol. The Morgan fingerprint density at radius 2 is 2.40 bits per heavy atom. The van der Waals surface area contributed by atoms with E-state index in [1.165, 1.54) is 11.8 Å². The molecule has 0 spiro atoms. The van der Waals surface area contributed by atoms with Crippen molar-refractivity contribution in [2.45, 2.75) is 31.6 Å². The first-order valence-electron chi connectivity index (χ1n) is 4.98. The summed E-state index contributed by atoms with van der Waals surface area (Å²) in [6, 6.07) is 0. The Morgan fingerprint density at radius 3 is 2.80 bits per heavy atom. The van der Waals surface area contributed by atoms with Crippen LogP contribution in [0.2, 0.25) is 0 Å². The van der Waals surface area contributed by atoms with Gasteiger partial charge in [-0.05, 0) is 33.1 Å². The quantitative estimate of drug-likeness (QED) is 0.690. The molecule has 1 heterocycles. The van der Waals surface area contributed by atoms with Gasteiger partial charge in [-0.1, -0.05) is 6.08 Å². The first kappa shape index (κ1) is 12.3. The summed E-state index contributed by atoms with van der Waals surface area (Å²) in [5.74, 6) is -0.185. The van der Waals surface area contributed by atoms with Crippen LogP contribution in [0.4, 0.5) is 0 Å². The predicted molar refractivity (Wildman–Crippen MR) is 64.6 cm³/mol. The molecule has 0 amide bonds. The van der Waals surface area contributed by atoms with Gasteiger partial charge in [-0.2, -0.15) is 0 Å². The minimum Gasteiger partial charge on any atom is -0.465 e. The average Bonchev–Trinajstić information content (AvgIpc) is 2.48. The van der Waals surface area contributed by atoms with Gasteiger partial charge in [0.2, 0.25) is 0 Å². The molecule has 1 aliphatic heterocycles. The van der Waals surface area contributed by atoms with Crippen LogP contribution in [0, 0.1) is 0 Å². The average molecular weight is 227 g/mol. The van der Waals surface area contributed by atoms with Crippen molar-refractivity contribution in [3.8, 4) is 0 Å². The Hall–Kier alpha value is -0.770. The fourth-order valence-electron chi connectivity index (χ4n) is 1.68. The molecule has 1 aliphatic rings. The van der Waals surface area contributed by atoms with Gasteiger partial charge in [-0.3, -0.25) is 9.79 Å². The van der Waals surface area contributed by atoms with Crippen LogP contribution in [-0.4, -0.2) is 35.3 Å². The number of allylic oxidation sites excluding steroid dienone is 1. The molecule has 0 bridgehead atoms. The van der Waals surface area contributed by atoms with Gasteiger partial charge in [0.05, 0.1) is 12.1 Å². The maximum Gasteiger partial charge on any atom is 0.321 e. The van der Waals surface area contributed by atoms with E-state index < -0.39 is 5.54 Å². The molecule has 1 rings (SSSR count). The van der Waals surface area contributed by atoms with E-state index in [1.54, 1.807) is 0 Å². The summed E-state index contributed by atoms with van der Waals surface area (Å²) >= 11 is 1.48. The highest BCUT2D eigenvalue weighted by molar-refractivity contribution is 8.00. The Labute approximate surface area is 95.0 Å². The predicted octanol–water partition coefficient (Wildman–Crippen LogP) is 2.07. The van der Waals surface area contributed by atoms with Crippen molar-refractivity contribution in [3.05, 3.63) is 12.2 Å². The second-order valence-corrected chi connectivity index (χ2v) is 4.62. The zero-order chi connectivity index (χ0) is 11.5. The van der Waals surface area contributed by atoms with Crippen molar-refractivity contribution in [3.63, 3.8) is 0 Å². The lowest BCUT2D eigenvalue weighted by molar-refractivity contribution is -0.143. The van der Waals surface area contributed by atoms with E-state index in [1.807, 2.05) is 39.2 Å². The number of carbonyl (C=O) groups excluding carboxylic acids is 1. The molecule has 3 nitrogen and oxygen atoms in total. The number of thioether (sulfide) groups is 1. The molecule has 84 valence electrons. The summed E-state index contributed by atoms with van der Waals surface area (Å²) in [4.78, 5) is 16.2. The smallest absolute Gasteiger partial charge is 0.321 e. The van der Waals surface area contributed by atoms with Crippen LogP contribution in [0.25, 0.3) is 0 Å². The number of ether oxygens (including phenoxy) is 1. The number of carbonyl (C=O) groups is 1. The van der Waals surface area contributed by atoms with Crippen LogP contribution in [-0.2, 0) is 9.53 Å².